The fourth-order valence-electron chi connectivity index (χ4n) is 1.33. The summed E-state index contributed by atoms with van der Waals surface area (Å²) in [6.07, 6.45) is 1.71. The number of thiazole rings is 1. The van der Waals surface area contributed by atoms with E-state index in [1.54, 1.807) is 6.20 Å². The standard InChI is InChI=1S/C11H12N2OS/c1-8-7-15-11(13-8)10(14)6-9-4-2-3-5-12-9/h2-5,7,10,14H,6H2,1H3. The van der Waals surface area contributed by atoms with Gasteiger partial charge in [-0.2, -0.15) is 0 Å². The maximum Gasteiger partial charge on any atom is 0.122 e. The molecule has 0 aliphatic heterocycles. The zero-order chi connectivity index (χ0) is 10.7. The van der Waals surface area contributed by atoms with Crippen molar-refractivity contribution >= 4 is 11.3 Å². The van der Waals surface area contributed by atoms with Crippen molar-refractivity contribution in [3.63, 3.8) is 0 Å². The molecule has 0 aliphatic carbocycles. The van der Waals surface area contributed by atoms with Crippen LogP contribution in [0.3, 0.4) is 0 Å². The lowest BCUT2D eigenvalue weighted by Crippen LogP contribution is -2.02. The van der Waals surface area contributed by atoms with Gasteiger partial charge >= 0.3 is 0 Å². The summed E-state index contributed by atoms with van der Waals surface area (Å²) >= 11 is 1.49. The highest BCUT2D eigenvalue weighted by Gasteiger charge is 2.12. The molecule has 15 heavy (non-hydrogen) atoms. The van der Waals surface area contributed by atoms with Crippen LogP contribution in [0.2, 0.25) is 0 Å². The highest BCUT2D eigenvalue weighted by molar-refractivity contribution is 7.09. The smallest absolute Gasteiger partial charge is 0.122 e. The van der Waals surface area contributed by atoms with Crippen LogP contribution < -0.4 is 0 Å². The summed E-state index contributed by atoms with van der Waals surface area (Å²) in [7, 11) is 0. The Morgan fingerprint density at radius 2 is 2.33 bits per heavy atom. The van der Waals surface area contributed by atoms with Gasteiger partial charge in [0, 0.05) is 29.4 Å². The van der Waals surface area contributed by atoms with Crippen LogP contribution in [0.5, 0.6) is 0 Å². The molecule has 0 amide bonds. The van der Waals surface area contributed by atoms with Crippen molar-refractivity contribution in [1.82, 2.24) is 9.97 Å². The van der Waals surface area contributed by atoms with Gasteiger partial charge in [0.05, 0.1) is 0 Å². The third-order valence-corrected chi connectivity index (χ3v) is 3.11. The molecule has 3 nitrogen and oxygen atoms in total. The molecule has 1 atom stereocenters. The van der Waals surface area contributed by atoms with E-state index in [9.17, 15) is 5.11 Å². The van der Waals surface area contributed by atoms with Crippen LogP contribution >= 0.6 is 11.3 Å². The fourth-order valence-corrected chi connectivity index (χ4v) is 2.11. The van der Waals surface area contributed by atoms with Gasteiger partial charge in [-0.25, -0.2) is 4.98 Å². The quantitative estimate of drug-likeness (QED) is 0.861. The zero-order valence-corrected chi connectivity index (χ0v) is 9.24. The lowest BCUT2D eigenvalue weighted by Gasteiger charge is -2.05. The summed E-state index contributed by atoms with van der Waals surface area (Å²) in [4.78, 5) is 8.42. The highest BCUT2D eigenvalue weighted by atomic mass is 32.1. The van der Waals surface area contributed by atoms with Crippen LogP contribution in [-0.2, 0) is 6.42 Å². The number of aliphatic hydroxyl groups is 1. The molecule has 2 aromatic heterocycles. The molecular weight excluding hydrogens is 208 g/mol. The number of hydrogen-bond donors (Lipinski definition) is 1. The van der Waals surface area contributed by atoms with Gasteiger partial charge in [0.15, 0.2) is 0 Å². The van der Waals surface area contributed by atoms with Crippen LogP contribution in [0.1, 0.15) is 22.5 Å². The summed E-state index contributed by atoms with van der Waals surface area (Å²) in [5.74, 6) is 0. The minimum absolute atomic E-state index is 0.522. The molecule has 0 spiro atoms. The number of aromatic nitrogens is 2. The van der Waals surface area contributed by atoms with E-state index in [1.807, 2.05) is 30.5 Å². The Balaban J connectivity index is 2.07. The SMILES string of the molecule is Cc1csc(C(O)Cc2ccccn2)n1. The largest absolute Gasteiger partial charge is 0.386 e. The Morgan fingerprint density at radius 1 is 1.47 bits per heavy atom. The van der Waals surface area contributed by atoms with E-state index in [2.05, 4.69) is 9.97 Å². The summed E-state index contributed by atoms with van der Waals surface area (Å²) in [5, 5.41) is 12.6. The molecule has 0 radical (unpaired) electrons. The highest BCUT2D eigenvalue weighted by Crippen LogP contribution is 2.20. The van der Waals surface area contributed by atoms with Crippen molar-refractivity contribution in [1.29, 1.82) is 0 Å². The molecule has 0 aromatic carbocycles. The van der Waals surface area contributed by atoms with E-state index in [0.29, 0.717) is 6.42 Å². The van der Waals surface area contributed by atoms with E-state index in [1.165, 1.54) is 11.3 Å². The summed E-state index contributed by atoms with van der Waals surface area (Å²) in [6, 6.07) is 5.69. The first-order chi connectivity index (χ1) is 7.25. The Morgan fingerprint density at radius 3 is 2.93 bits per heavy atom. The Bertz CT molecular complexity index is 427. The Labute approximate surface area is 92.5 Å². The second-order valence-corrected chi connectivity index (χ2v) is 4.26. The van der Waals surface area contributed by atoms with Crippen molar-refractivity contribution in [3.8, 4) is 0 Å². The van der Waals surface area contributed by atoms with Gasteiger partial charge in [-0.1, -0.05) is 6.07 Å². The molecule has 2 aromatic rings. The third-order valence-electron chi connectivity index (χ3n) is 2.05. The Hall–Kier alpha value is -1.26. The first-order valence-electron chi connectivity index (χ1n) is 4.75. The van der Waals surface area contributed by atoms with Crippen molar-refractivity contribution in [2.75, 3.05) is 0 Å². The number of hydrogen-bond acceptors (Lipinski definition) is 4. The van der Waals surface area contributed by atoms with Crippen molar-refractivity contribution in [2.24, 2.45) is 0 Å². The summed E-state index contributed by atoms with van der Waals surface area (Å²) in [5.41, 5.74) is 1.84. The normalized spacial score (nSPS) is 12.7. The van der Waals surface area contributed by atoms with E-state index < -0.39 is 6.10 Å². The van der Waals surface area contributed by atoms with Crippen molar-refractivity contribution in [3.05, 3.63) is 46.2 Å². The van der Waals surface area contributed by atoms with Gasteiger partial charge in [0.1, 0.15) is 11.1 Å². The summed E-state index contributed by atoms with van der Waals surface area (Å²) in [6.45, 7) is 1.92. The van der Waals surface area contributed by atoms with E-state index in [4.69, 9.17) is 0 Å². The summed E-state index contributed by atoms with van der Waals surface area (Å²) < 4.78 is 0. The monoisotopic (exact) mass is 220 g/mol. The van der Waals surface area contributed by atoms with Gasteiger partial charge in [-0.3, -0.25) is 4.98 Å². The molecule has 2 rings (SSSR count). The predicted molar refractivity (Wildman–Crippen MR) is 59.8 cm³/mol. The number of rotatable bonds is 3. The molecular formula is C11H12N2OS. The molecule has 0 fully saturated rings. The van der Waals surface area contributed by atoms with Crippen LogP contribution in [-0.4, -0.2) is 15.1 Å². The minimum atomic E-state index is -0.543. The average molecular weight is 220 g/mol. The van der Waals surface area contributed by atoms with Crippen molar-refractivity contribution in [2.45, 2.75) is 19.4 Å². The second-order valence-electron chi connectivity index (χ2n) is 3.37. The van der Waals surface area contributed by atoms with Gasteiger partial charge in [0.2, 0.25) is 0 Å². The molecule has 2 heterocycles. The number of pyridine rings is 1. The molecule has 0 saturated heterocycles. The topological polar surface area (TPSA) is 46.0 Å². The number of aryl methyl sites for hydroxylation is 1. The van der Waals surface area contributed by atoms with E-state index in [-0.39, 0.29) is 0 Å². The lowest BCUT2D eigenvalue weighted by molar-refractivity contribution is 0.176. The Kier molecular flexibility index (Phi) is 3.08. The minimum Gasteiger partial charge on any atom is -0.386 e. The molecule has 78 valence electrons. The molecule has 0 aliphatic rings. The predicted octanol–water partition coefficient (Wildman–Crippen LogP) is 2.12. The molecule has 0 bridgehead atoms. The van der Waals surface area contributed by atoms with Crippen molar-refractivity contribution < 1.29 is 5.11 Å². The third kappa shape index (κ3) is 2.61. The van der Waals surface area contributed by atoms with Crippen LogP contribution in [0.15, 0.2) is 29.8 Å². The van der Waals surface area contributed by atoms with Crippen LogP contribution in [0.25, 0.3) is 0 Å². The lowest BCUT2D eigenvalue weighted by atomic mass is 10.2. The molecule has 1 unspecified atom stereocenters. The zero-order valence-electron chi connectivity index (χ0n) is 8.42. The van der Waals surface area contributed by atoms with E-state index >= 15 is 0 Å². The second kappa shape index (κ2) is 4.51. The first-order valence-corrected chi connectivity index (χ1v) is 5.63. The molecule has 1 N–H and O–H groups in total. The molecule has 4 heteroatoms. The van der Waals surface area contributed by atoms with Gasteiger partial charge in [-0.15, -0.1) is 11.3 Å². The maximum atomic E-state index is 9.90. The van der Waals surface area contributed by atoms with Crippen LogP contribution in [0, 0.1) is 6.92 Å². The van der Waals surface area contributed by atoms with Gasteiger partial charge < -0.3 is 5.11 Å². The fraction of sp³-hybridized carbons (Fsp3) is 0.273. The molecule has 0 saturated carbocycles. The van der Waals surface area contributed by atoms with Crippen LogP contribution in [0.4, 0.5) is 0 Å². The first kappa shape index (κ1) is 10.3. The van der Waals surface area contributed by atoms with E-state index in [0.717, 1.165) is 16.4 Å². The van der Waals surface area contributed by atoms with Gasteiger partial charge in [0.25, 0.3) is 0 Å². The number of nitrogens with zero attached hydrogens (tertiary/aromatic N) is 2. The van der Waals surface area contributed by atoms with Gasteiger partial charge in [-0.05, 0) is 19.1 Å². The number of aliphatic hydroxyl groups excluding tert-OH is 1. The average Bonchev–Trinajstić information content (AvgIpc) is 2.66. The maximum absolute atomic E-state index is 9.90.